The zero-order chi connectivity index (χ0) is 13.0. The van der Waals surface area contributed by atoms with Crippen LogP contribution in [0.15, 0.2) is 18.2 Å². The lowest BCUT2D eigenvalue weighted by molar-refractivity contribution is -0.0718. The summed E-state index contributed by atoms with van der Waals surface area (Å²) in [5, 5.41) is 3.65. The molecule has 2 unspecified atom stereocenters. The molecule has 0 amide bonds. The Kier molecular flexibility index (Phi) is 4.95. The van der Waals surface area contributed by atoms with E-state index < -0.39 is 0 Å². The number of hydrogen-bond donors (Lipinski definition) is 1. The van der Waals surface area contributed by atoms with Gasteiger partial charge in [-0.15, -0.1) is 0 Å². The molecule has 0 aliphatic carbocycles. The van der Waals surface area contributed by atoms with Crippen LogP contribution in [0.3, 0.4) is 0 Å². The Morgan fingerprint density at radius 3 is 3.06 bits per heavy atom. The number of hydrogen-bond acceptors (Lipinski definition) is 3. The van der Waals surface area contributed by atoms with E-state index in [1.807, 2.05) is 6.92 Å². The van der Waals surface area contributed by atoms with Crippen molar-refractivity contribution < 1.29 is 13.9 Å². The van der Waals surface area contributed by atoms with Crippen LogP contribution in [0.5, 0.6) is 0 Å². The standard InChI is InChI=1S/C13H17ClFNO2/c1-9-5-16-6-10(18-9)7-17-8-11-12(14)3-2-4-13(11)15/h2-4,9-10,16H,5-8H2,1H3. The van der Waals surface area contributed by atoms with E-state index in [9.17, 15) is 4.39 Å². The predicted molar refractivity (Wildman–Crippen MR) is 68.3 cm³/mol. The second kappa shape index (κ2) is 6.48. The summed E-state index contributed by atoms with van der Waals surface area (Å²) in [6, 6.07) is 4.62. The van der Waals surface area contributed by atoms with Gasteiger partial charge in [-0.25, -0.2) is 4.39 Å². The molecule has 1 aliphatic heterocycles. The maximum absolute atomic E-state index is 13.5. The number of morpholine rings is 1. The smallest absolute Gasteiger partial charge is 0.130 e. The molecule has 2 rings (SSSR count). The normalized spacial score (nSPS) is 24.2. The maximum Gasteiger partial charge on any atom is 0.130 e. The highest BCUT2D eigenvalue weighted by atomic mass is 35.5. The summed E-state index contributed by atoms with van der Waals surface area (Å²) in [4.78, 5) is 0. The zero-order valence-corrected chi connectivity index (χ0v) is 11.0. The Labute approximate surface area is 111 Å². The third-order valence-corrected chi connectivity index (χ3v) is 3.19. The second-order valence-electron chi connectivity index (χ2n) is 4.44. The highest BCUT2D eigenvalue weighted by Gasteiger charge is 2.19. The summed E-state index contributed by atoms with van der Waals surface area (Å²) in [5.74, 6) is -0.335. The summed E-state index contributed by atoms with van der Waals surface area (Å²) in [6.45, 7) is 4.22. The van der Waals surface area contributed by atoms with Crippen LogP contribution in [-0.4, -0.2) is 31.9 Å². The van der Waals surface area contributed by atoms with Gasteiger partial charge in [-0.1, -0.05) is 17.7 Å². The van der Waals surface area contributed by atoms with Crippen molar-refractivity contribution in [2.45, 2.75) is 25.7 Å². The van der Waals surface area contributed by atoms with E-state index in [2.05, 4.69) is 5.32 Å². The number of ether oxygens (including phenoxy) is 2. The molecule has 1 aromatic rings. The molecule has 2 atom stereocenters. The molecule has 100 valence electrons. The largest absolute Gasteiger partial charge is 0.374 e. The quantitative estimate of drug-likeness (QED) is 0.914. The SMILES string of the molecule is CC1CNCC(COCc2c(F)cccc2Cl)O1. The molecule has 1 heterocycles. The van der Waals surface area contributed by atoms with Crippen molar-refractivity contribution in [2.24, 2.45) is 0 Å². The first-order valence-corrected chi connectivity index (χ1v) is 6.41. The fraction of sp³-hybridized carbons (Fsp3) is 0.538. The van der Waals surface area contributed by atoms with Gasteiger partial charge in [0, 0.05) is 23.7 Å². The van der Waals surface area contributed by atoms with Gasteiger partial charge < -0.3 is 14.8 Å². The lowest BCUT2D eigenvalue weighted by Gasteiger charge is -2.28. The lowest BCUT2D eigenvalue weighted by atomic mass is 10.2. The van der Waals surface area contributed by atoms with Crippen molar-refractivity contribution in [1.29, 1.82) is 0 Å². The predicted octanol–water partition coefficient (Wildman–Crippen LogP) is 2.37. The molecule has 0 radical (unpaired) electrons. The molecule has 1 fully saturated rings. The van der Waals surface area contributed by atoms with Crippen LogP contribution >= 0.6 is 11.6 Å². The van der Waals surface area contributed by atoms with Gasteiger partial charge in [0.25, 0.3) is 0 Å². The van der Waals surface area contributed by atoms with Crippen LogP contribution < -0.4 is 5.32 Å². The van der Waals surface area contributed by atoms with Crippen LogP contribution in [0.4, 0.5) is 4.39 Å². The highest BCUT2D eigenvalue weighted by molar-refractivity contribution is 6.31. The topological polar surface area (TPSA) is 30.5 Å². The van der Waals surface area contributed by atoms with Gasteiger partial charge in [0.05, 0.1) is 25.4 Å². The maximum atomic E-state index is 13.5. The molecule has 1 aromatic carbocycles. The molecular weight excluding hydrogens is 257 g/mol. The summed E-state index contributed by atoms with van der Waals surface area (Å²) >= 11 is 5.91. The molecular formula is C13H17ClFNO2. The van der Waals surface area contributed by atoms with Gasteiger partial charge in [0.1, 0.15) is 5.82 Å². The van der Waals surface area contributed by atoms with E-state index >= 15 is 0 Å². The Bertz CT molecular complexity index is 382. The summed E-state index contributed by atoms with van der Waals surface area (Å²) in [7, 11) is 0. The average Bonchev–Trinajstić information content (AvgIpc) is 2.33. The minimum Gasteiger partial charge on any atom is -0.374 e. The van der Waals surface area contributed by atoms with E-state index in [0.717, 1.165) is 13.1 Å². The zero-order valence-electron chi connectivity index (χ0n) is 10.3. The molecule has 5 heteroatoms. The third-order valence-electron chi connectivity index (χ3n) is 2.84. The van der Waals surface area contributed by atoms with Crippen molar-refractivity contribution in [3.63, 3.8) is 0 Å². The van der Waals surface area contributed by atoms with Crippen molar-refractivity contribution in [2.75, 3.05) is 19.7 Å². The molecule has 1 N–H and O–H groups in total. The van der Waals surface area contributed by atoms with Gasteiger partial charge >= 0.3 is 0 Å². The minimum atomic E-state index is -0.335. The molecule has 3 nitrogen and oxygen atoms in total. The van der Waals surface area contributed by atoms with Gasteiger partial charge in [-0.3, -0.25) is 0 Å². The number of halogens is 2. The Hall–Kier alpha value is -0.680. The summed E-state index contributed by atoms with van der Waals surface area (Å²) < 4.78 is 24.6. The average molecular weight is 274 g/mol. The van der Waals surface area contributed by atoms with E-state index in [1.165, 1.54) is 6.07 Å². The van der Waals surface area contributed by atoms with Crippen molar-refractivity contribution in [3.8, 4) is 0 Å². The summed E-state index contributed by atoms with van der Waals surface area (Å²) in [5.41, 5.74) is 0.399. The van der Waals surface area contributed by atoms with Crippen molar-refractivity contribution in [1.82, 2.24) is 5.32 Å². The van der Waals surface area contributed by atoms with E-state index in [-0.39, 0.29) is 24.6 Å². The molecule has 1 saturated heterocycles. The van der Waals surface area contributed by atoms with Gasteiger partial charge in [0.2, 0.25) is 0 Å². The molecule has 0 saturated carbocycles. The minimum absolute atomic E-state index is 0.0132. The van der Waals surface area contributed by atoms with E-state index in [0.29, 0.717) is 17.2 Å². The Balaban J connectivity index is 1.81. The fourth-order valence-electron chi connectivity index (χ4n) is 1.93. The molecule has 0 spiro atoms. The van der Waals surface area contributed by atoms with Crippen molar-refractivity contribution in [3.05, 3.63) is 34.6 Å². The second-order valence-corrected chi connectivity index (χ2v) is 4.85. The first-order chi connectivity index (χ1) is 8.66. The van der Waals surface area contributed by atoms with E-state index in [4.69, 9.17) is 21.1 Å². The molecule has 18 heavy (non-hydrogen) atoms. The van der Waals surface area contributed by atoms with Crippen LogP contribution in [0.25, 0.3) is 0 Å². The van der Waals surface area contributed by atoms with Crippen molar-refractivity contribution >= 4 is 11.6 Å². The van der Waals surface area contributed by atoms with Gasteiger partial charge in [-0.2, -0.15) is 0 Å². The highest BCUT2D eigenvalue weighted by Crippen LogP contribution is 2.19. The van der Waals surface area contributed by atoms with E-state index in [1.54, 1.807) is 12.1 Å². The van der Waals surface area contributed by atoms with Crippen LogP contribution in [0.2, 0.25) is 5.02 Å². The summed E-state index contributed by atoms with van der Waals surface area (Å²) in [6.07, 6.45) is 0.198. The van der Waals surface area contributed by atoms with Gasteiger partial charge in [-0.05, 0) is 19.1 Å². The Morgan fingerprint density at radius 2 is 2.33 bits per heavy atom. The fourth-order valence-corrected chi connectivity index (χ4v) is 2.15. The first kappa shape index (κ1) is 13.7. The van der Waals surface area contributed by atoms with Crippen LogP contribution in [0.1, 0.15) is 12.5 Å². The van der Waals surface area contributed by atoms with Gasteiger partial charge in [0.15, 0.2) is 0 Å². The Morgan fingerprint density at radius 1 is 1.50 bits per heavy atom. The number of nitrogens with one attached hydrogen (secondary N) is 1. The molecule has 0 aromatic heterocycles. The van der Waals surface area contributed by atoms with Crippen LogP contribution in [0, 0.1) is 5.82 Å². The number of benzene rings is 1. The lowest BCUT2D eigenvalue weighted by Crippen LogP contribution is -2.45. The third kappa shape index (κ3) is 3.65. The molecule has 1 aliphatic rings. The monoisotopic (exact) mass is 273 g/mol. The first-order valence-electron chi connectivity index (χ1n) is 6.03. The molecule has 0 bridgehead atoms. The number of rotatable bonds is 4. The van der Waals surface area contributed by atoms with Crippen LogP contribution in [-0.2, 0) is 16.1 Å².